The van der Waals surface area contributed by atoms with Gasteiger partial charge in [-0.1, -0.05) is 32.9 Å². The second-order valence-corrected chi connectivity index (χ2v) is 7.43. The fourth-order valence-electron chi connectivity index (χ4n) is 3.44. The molecule has 6 heteroatoms. The van der Waals surface area contributed by atoms with Gasteiger partial charge >= 0.3 is 6.09 Å². The van der Waals surface area contributed by atoms with Gasteiger partial charge in [-0.25, -0.2) is 4.79 Å². The number of hydrogen-bond donors (Lipinski definition) is 2. The molecule has 23 heavy (non-hydrogen) atoms. The predicted molar refractivity (Wildman–Crippen MR) is 90.9 cm³/mol. The van der Waals surface area contributed by atoms with Crippen molar-refractivity contribution in [3.8, 4) is 0 Å². The van der Waals surface area contributed by atoms with Gasteiger partial charge in [-0.3, -0.25) is 5.10 Å². The van der Waals surface area contributed by atoms with Crippen LogP contribution in [0.25, 0.3) is 10.9 Å². The van der Waals surface area contributed by atoms with Crippen molar-refractivity contribution in [2.45, 2.75) is 39.8 Å². The van der Waals surface area contributed by atoms with E-state index in [0.717, 1.165) is 16.6 Å². The van der Waals surface area contributed by atoms with Crippen LogP contribution in [0.3, 0.4) is 0 Å². The maximum absolute atomic E-state index is 11.5. The summed E-state index contributed by atoms with van der Waals surface area (Å²) in [4.78, 5) is 15.4. The molecule has 1 amide bonds. The van der Waals surface area contributed by atoms with Crippen molar-refractivity contribution < 1.29 is 9.90 Å². The number of nitrogens with one attached hydrogen (secondary N) is 1. The molecule has 0 saturated carbocycles. The van der Waals surface area contributed by atoms with E-state index in [1.807, 2.05) is 25.3 Å². The Hall–Kier alpha value is -2.24. The first-order chi connectivity index (χ1) is 10.8. The minimum Gasteiger partial charge on any atom is -0.465 e. The minimum absolute atomic E-state index is 0.0456. The van der Waals surface area contributed by atoms with Gasteiger partial charge in [0.2, 0.25) is 0 Å². The van der Waals surface area contributed by atoms with Gasteiger partial charge in [-0.05, 0) is 18.4 Å². The number of para-hydroxylation sites is 1. The van der Waals surface area contributed by atoms with Crippen LogP contribution >= 0.6 is 0 Å². The van der Waals surface area contributed by atoms with Gasteiger partial charge in [0.1, 0.15) is 0 Å². The summed E-state index contributed by atoms with van der Waals surface area (Å²) in [6.07, 6.45) is 0.980. The molecule has 6 nitrogen and oxygen atoms in total. The molecule has 1 aromatic carbocycles. The third-order valence-corrected chi connectivity index (χ3v) is 4.75. The summed E-state index contributed by atoms with van der Waals surface area (Å²) in [6.45, 7) is 9.62. The lowest BCUT2D eigenvalue weighted by atomic mass is 9.83. The summed E-state index contributed by atoms with van der Waals surface area (Å²) in [5.41, 5.74) is 2.06. The first-order valence-corrected chi connectivity index (χ1v) is 7.97. The molecule has 1 aliphatic heterocycles. The molecule has 1 fully saturated rings. The SMILES string of the molecule is CC1CN(c2cccc3cn[nH]c23)C(C(C)(C)C)CN1C(=O)O. The van der Waals surface area contributed by atoms with Crippen molar-refractivity contribution in [3.05, 3.63) is 24.4 Å². The van der Waals surface area contributed by atoms with Crippen LogP contribution < -0.4 is 4.90 Å². The van der Waals surface area contributed by atoms with Crippen LogP contribution in [0.2, 0.25) is 0 Å². The molecule has 2 atom stereocenters. The highest BCUT2D eigenvalue weighted by Gasteiger charge is 2.40. The van der Waals surface area contributed by atoms with E-state index >= 15 is 0 Å². The van der Waals surface area contributed by atoms with E-state index in [2.05, 4.69) is 41.9 Å². The van der Waals surface area contributed by atoms with E-state index in [9.17, 15) is 9.90 Å². The van der Waals surface area contributed by atoms with Crippen molar-refractivity contribution in [1.29, 1.82) is 0 Å². The minimum atomic E-state index is -0.842. The van der Waals surface area contributed by atoms with Crippen molar-refractivity contribution in [1.82, 2.24) is 15.1 Å². The summed E-state index contributed by atoms with van der Waals surface area (Å²) in [5, 5.41) is 17.8. The molecule has 2 N–H and O–H groups in total. The Bertz CT molecular complexity index is 719. The number of anilines is 1. The molecule has 0 spiro atoms. The van der Waals surface area contributed by atoms with Gasteiger partial charge in [-0.2, -0.15) is 5.10 Å². The summed E-state index contributed by atoms with van der Waals surface area (Å²) < 4.78 is 0. The quantitative estimate of drug-likeness (QED) is 0.847. The van der Waals surface area contributed by atoms with E-state index in [4.69, 9.17) is 0 Å². The smallest absolute Gasteiger partial charge is 0.407 e. The van der Waals surface area contributed by atoms with Gasteiger partial charge in [0, 0.05) is 24.5 Å². The van der Waals surface area contributed by atoms with Crippen molar-refractivity contribution >= 4 is 22.7 Å². The van der Waals surface area contributed by atoms with Crippen LogP contribution in [0, 0.1) is 5.41 Å². The zero-order valence-corrected chi connectivity index (χ0v) is 14.1. The summed E-state index contributed by atoms with van der Waals surface area (Å²) >= 11 is 0. The first-order valence-electron chi connectivity index (χ1n) is 7.97. The molecule has 0 bridgehead atoms. The monoisotopic (exact) mass is 316 g/mol. The first kappa shape index (κ1) is 15.6. The van der Waals surface area contributed by atoms with Gasteiger partial charge in [-0.15, -0.1) is 0 Å². The molecular weight excluding hydrogens is 292 g/mol. The molecule has 2 unspecified atom stereocenters. The van der Waals surface area contributed by atoms with Crippen LogP contribution in [-0.2, 0) is 0 Å². The topological polar surface area (TPSA) is 72.5 Å². The number of hydrogen-bond acceptors (Lipinski definition) is 3. The number of aromatic amines is 1. The van der Waals surface area contributed by atoms with Gasteiger partial charge in [0.15, 0.2) is 0 Å². The molecule has 2 aromatic rings. The standard InChI is InChI=1S/C17H24N4O2/c1-11-9-21(13-7-5-6-12-8-18-19-15(12)13)14(17(2,3)4)10-20(11)16(22)23/h5-8,11,14H,9-10H2,1-4H3,(H,18,19)(H,22,23). The van der Waals surface area contributed by atoms with E-state index < -0.39 is 6.09 Å². The van der Waals surface area contributed by atoms with Crippen LogP contribution in [0.5, 0.6) is 0 Å². The number of carboxylic acid groups (broad SMARTS) is 1. The maximum Gasteiger partial charge on any atom is 0.407 e. The van der Waals surface area contributed by atoms with Crippen LogP contribution in [-0.4, -0.2) is 51.5 Å². The average molecular weight is 316 g/mol. The fourth-order valence-corrected chi connectivity index (χ4v) is 3.44. The normalized spacial score (nSPS) is 22.6. The van der Waals surface area contributed by atoms with Gasteiger partial charge in [0.05, 0.1) is 23.4 Å². The largest absolute Gasteiger partial charge is 0.465 e. The van der Waals surface area contributed by atoms with Crippen molar-refractivity contribution in [2.75, 3.05) is 18.0 Å². The zero-order valence-electron chi connectivity index (χ0n) is 14.1. The van der Waals surface area contributed by atoms with E-state index in [1.54, 1.807) is 4.90 Å². The van der Waals surface area contributed by atoms with E-state index in [1.165, 1.54) is 0 Å². The van der Waals surface area contributed by atoms with Crippen molar-refractivity contribution in [3.63, 3.8) is 0 Å². The Kier molecular flexibility index (Phi) is 3.70. The van der Waals surface area contributed by atoms with Crippen LogP contribution in [0.15, 0.2) is 24.4 Å². The lowest BCUT2D eigenvalue weighted by Gasteiger charge is -2.50. The highest BCUT2D eigenvalue weighted by Crippen LogP contribution is 2.36. The van der Waals surface area contributed by atoms with Crippen molar-refractivity contribution in [2.24, 2.45) is 5.41 Å². The lowest BCUT2D eigenvalue weighted by Crippen LogP contribution is -2.62. The Morgan fingerprint density at radius 1 is 1.35 bits per heavy atom. The number of amides is 1. The zero-order chi connectivity index (χ0) is 16.8. The molecule has 1 aliphatic rings. The number of rotatable bonds is 1. The molecule has 1 saturated heterocycles. The maximum atomic E-state index is 11.5. The van der Waals surface area contributed by atoms with Crippen LogP contribution in [0.4, 0.5) is 10.5 Å². The number of carbonyl (C=O) groups is 1. The molecule has 0 aliphatic carbocycles. The Balaban J connectivity index is 2.05. The number of benzene rings is 1. The summed E-state index contributed by atoms with van der Waals surface area (Å²) in [7, 11) is 0. The number of aromatic nitrogens is 2. The highest BCUT2D eigenvalue weighted by molar-refractivity contribution is 5.90. The molecule has 3 rings (SSSR count). The van der Waals surface area contributed by atoms with E-state index in [0.29, 0.717) is 13.1 Å². The highest BCUT2D eigenvalue weighted by atomic mass is 16.4. The molecule has 0 radical (unpaired) electrons. The Morgan fingerprint density at radius 3 is 2.74 bits per heavy atom. The van der Waals surface area contributed by atoms with E-state index in [-0.39, 0.29) is 17.5 Å². The fraction of sp³-hybridized carbons (Fsp3) is 0.529. The van der Waals surface area contributed by atoms with Gasteiger partial charge < -0.3 is 14.9 Å². The molecule has 124 valence electrons. The lowest BCUT2D eigenvalue weighted by molar-refractivity contribution is 0.0946. The number of fused-ring (bicyclic) bond motifs is 1. The molecule has 2 heterocycles. The number of nitrogens with zero attached hydrogens (tertiary/aromatic N) is 3. The average Bonchev–Trinajstić information content (AvgIpc) is 2.93. The Labute approximate surface area is 136 Å². The molecule has 1 aromatic heterocycles. The van der Waals surface area contributed by atoms with Gasteiger partial charge in [0.25, 0.3) is 0 Å². The second-order valence-electron chi connectivity index (χ2n) is 7.43. The predicted octanol–water partition coefficient (Wildman–Crippen LogP) is 3.17. The third kappa shape index (κ3) is 2.73. The molecular formula is C17H24N4O2. The second kappa shape index (κ2) is 5.44. The van der Waals surface area contributed by atoms with Crippen LogP contribution in [0.1, 0.15) is 27.7 Å². The number of H-pyrrole nitrogens is 1. The number of piperazine rings is 1. The summed E-state index contributed by atoms with van der Waals surface area (Å²) in [6, 6.07) is 6.20. The third-order valence-electron chi connectivity index (χ3n) is 4.75. The summed E-state index contributed by atoms with van der Waals surface area (Å²) in [5.74, 6) is 0. The Morgan fingerprint density at radius 2 is 2.09 bits per heavy atom.